The number of ketones is 1. The van der Waals surface area contributed by atoms with E-state index < -0.39 is 11.7 Å². The Balaban J connectivity index is 1.83. The molecule has 0 aliphatic rings. The molecule has 1 heterocycles. The SMILES string of the molecule is CC(=O)Nc1ccc(NC(=O)C(=O)c2c(C)nn(-c3ccccc3)c2C)cc1C. The monoisotopic (exact) mass is 390 g/mol. The van der Waals surface area contributed by atoms with Gasteiger partial charge in [0.05, 0.1) is 22.6 Å². The van der Waals surface area contributed by atoms with Crippen LogP contribution in [0.2, 0.25) is 0 Å². The second kappa shape index (κ2) is 8.10. The van der Waals surface area contributed by atoms with E-state index in [1.54, 1.807) is 43.7 Å². The maximum absolute atomic E-state index is 12.8. The third-order valence-electron chi connectivity index (χ3n) is 4.52. The first-order valence-electron chi connectivity index (χ1n) is 9.13. The summed E-state index contributed by atoms with van der Waals surface area (Å²) in [7, 11) is 0. The number of Topliss-reactive ketones (excluding diaryl/α,β-unsaturated/α-hetero) is 1. The molecule has 2 aromatic carbocycles. The molecule has 1 aromatic heterocycles. The van der Waals surface area contributed by atoms with Crippen LogP contribution in [-0.4, -0.2) is 27.4 Å². The minimum atomic E-state index is -0.740. The van der Waals surface area contributed by atoms with Crippen molar-refractivity contribution in [2.45, 2.75) is 27.7 Å². The Kier molecular flexibility index (Phi) is 5.59. The van der Waals surface area contributed by atoms with Crippen molar-refractivity contribution in [1.82, 2.24) is 9.78 Å². The number of hydrogen-bond acceptors (Lipinski definition) is 4. The molecule has 0 unspecified atom stereocenters. The van der Waals surface area contributed by atoms with Gasteiger partial charge in [0.1, 0.15) is 0 Å². The average molecular weight is 390 g/mol. The normalized spacial score (nSPS) is 10.5. The third-order valence-corrected chi connectivity index (χ3v) is 4.52. The number of aryl methyl sites for hydroxylation is 2. The van der Waals surface area contributed by atoms with Crippen molar-refractivity contribution in [3.63, 3.8) is 0 Å². The number of benzene rings is 2. The molecule has 0 spiro atoms. The van der Waals surface area contributed by atoms with E-state index in [-0.39, 0.29) is 11.5 Å². The number of aromatic nitrogens is 2. The first-order chi connectivity index (χ1) is 13.8. The van der Waals surface area contributed by atoms with E-state index in [4.69, 9.17) is 0 Å². The molecule has 0 atom stereocenters. The Morgan fingerprint density at radius 3 is 2.24 bits per heavy atom. The Labute approximate surface area is 168 Å². The van der Waals surface area contributed by atoms with Crippen LogP contribution in [-0.2, 0) is 9.59 Å². The molecule has 0 bridgehead atoms. The van der Waals surface area contributed by atoms with Crippen LogP contribution in [0.25, 0.3) is 5.69 Å². The Hall–Kier alpha value is -3.74. The molecule has 7 heteroatoms. The van der Waals surface area contributed by atoms with Gasteiger partial charge in [-0.25, -0.2) is 4.68 Å². The van der Waals surface area contributed by atoms with E-state index in [2.05, 4.69) is 15.7 Å². The highest BCUT2D eigenvalue weighted by Crippen LogP contribution is 2.22. The summed E-state index contributed by atoms with van der Waals surface area (Å²) in [5.74, 6) is -1.57. The summed E-state index contributed by atoms with van der Waals surface area (Å²) in [4.78, 5) is 36.6. The Morgan fingerprint density at radius 2 is 1.62 bits per heavy atom. The number of nitrogens with zero attached hydrogens (tertiary/aromatic N) is 2. The van der Waals surface area contributed by atoms with Crippen molar-refractivity contribution in [1.29, 1.82) is 0 Å². The highest BCUT2D eigenvalue weighted by molar-refractivity contribution is 6.47. The third kappa shape index (κ3) is 4.24. The van der Waals surface area contributed by atoms with Gasteiger partial charge in [0.2, 0.25) is 5.91 Å². The number of anilines is 2. The summed E-state index contributed by atoms with van der Waals surface area (Å²) in [6.45, 7) is 6.70. The lowest BCUT2D eigenvalue weighted by atomic mass is 10.1. The molecular formula is C22H22N4O3. The smallest absolute Gasteiger partial charge is 0.296 e. The first kappa shape index (κ1) is 20.0. The van der Waals surface area contributed by atoms with Crippen molar-refractivity contribution in [3.05, 3.63) is 71.0 Å². The fraction of sp³-hybridized carbons (Fsp3) is 0.182. The van der Waals surface area contributed by atoms with Crippen LogP contribution in [0.1, 0.15) is 34.2 Å². The van der Waals surface area contributed by atoms with Crippen LogP contribution in [0.5, 0.6) is 0 Å². The molecule has 0 fully saturated rings. The minimum Gasteiger partial charge on any atom is -0.326 e. The van der Waals surface area contributed by atoms with Gasteiger partial charge >= 0.3 is 0 Å². The lowest BCUT2D eigenvalue weighted by Crippen LogP contribution is -2.24. The number of amides is 2. The van der Waals surface area contributed by atoms with Crippen molar-refractivity contribution >= 4 is 29.0 Å². The average Bonchev–Trinajstić information content (AvgIpc) is 2.98. The molecule has 0 aliphatic carbocycles. The summed E-state index contributed by atoms with van der Waals surface area (Å²) >= 11 is 0. The second-order valence-electron chi connectivity index (χ2n) is 6.79. The lowest BCUT2D eigenvalue weighted by molar-refractivity contribution is -0.114. The first-order valence-corrected chi connectivity index (χ1v) is 9.13. The van der Waals surface area contributed by atoms with Crippen LogP contribution in [0, 0.1) is 20.8 Å². The van der Waals surface area contributed by atoms with E-state index in [1.807, 2.05) is 30.3 Å². The van der Waals surface area contributed by atoms with Crippen LogP contribution in [0.4, 0.5) is 11.4 Å². The molecule has 3 aromatic rings. The molecule has 3 rings (SSSR count). The Bertz CT molecular complexity index is 1100. The molecule has 2 amide bonds. The zero-order valence-corrected chi connectivity index (χ0v) is 16.7. The zero-order valence-electron chi connectivity index (χ0n) is 16.7. The van der Waals surface area contributed by atoms with Crippen LogP contribution in [0.3, 0.4) is 0 Å². The van der Waals surface area contributed by atoms with E-state index >= 15 is 0 Å². The lowest BCUT2D eigenvalue weighted by Gasteiger charge is -2.10. The molecule has 148 valence electrons. The minimum absolute atomic E-state index is 0.179. The topological polar surface area (TPSA) is 93.1 Å². The molecule has 2 N–H and O–H groups in total. The predicted molar refractivity (Wildman–Crippen MR) is 111 cm³/mol. The van der Waals surface area contributed by atoms with Gasteiger partial charge in [0.25, 0.3) is 11.7 Å². The van der Waals surface area contributed by atoms with Crippen molar-refractivity contribution in [2.75, 3.05) is 10.6 Å². The molecule has 0 radical (unpaired) electrons. The second-order valence-corrected chi connectivity index (χ2v) is 6.79. The van der Waals surface area contributed by atoms with Crippen LogP contribution < -0.4 is 10.6 Å². The van der Waals surface area contributed by atoms with Gasteiger partial charge in [0.15, 0.2) is 0 Å². The van der Waals surface area contributed by atoms with Gasteiger partial charge in [-0.05, 0) is 56.7 Å². The fourth-order valence-electron chi connectivity index (χ4n) is 3.16. The van der Waals surface area contributed by atoms with Crippen molar-refractivity contribution in [2.24, 2.45) is 0 Å². The van der Waals surface area contributed by atoms with Crippen molar-refractivity contribution < 1.29 is 14.4 Å². The molecular weight excluding hydrogens is 368 g/mol. The standard InChI is InChI=1S/C22H22N4O3/c1-13-12-17(10-11-19(13)23-16(4)27)24-22(29)21(28)20-14(2)25-26(15(20)3)18-8-6-5-7-9-18/h5-12H,1-4H3,(H,23,27)(H,24,29). The zero-order chi connectivity index (χ0) is 21.1. The van der Waals surface area contributed by atoms with Gasteiger partial charge in [0, 0.05) is 18.3 Å². The van der Waals surface area contributed by atoms with E-state index in [1.165, 1.54) is 6.92 Å². The quantitative estimate of drug-likeness (QED) is 0.514. The van der Waals surface area contributed by atoms with Crippen LogP contribution >= 0.6 is 0 Å². The molecule has 7 nitrogen and oxygen atoms in total. The van der Waals surface area contributed by atoms with Gasteiger partial charge in [-0.1, -0.05) is 18.2 Å². The van der Waals surface area contributed by atoms with Gasteiger partial charge < -0.3 is 10.6 Å². The number of para-hydroxylation sites is 1. The van der Waals surface area contributed by atoms with E-state index in [0.29, 0.717) is 22.8 Å². The molecule has 0 aliphatic heterocycles. The fourth-order valence-corrected chi connectivity index (χ4v) is 3.16. The van der Waals surface area contributed by atoms with Crippen LogP contribution in [0.15, 0.2) is 48.5 Å². The number of hydrogen-bond donors (Lipinski definition) is 2. The molecule has 0 saturated carbocycles. The van der Waals surface area contributed by atoms with Gasteiger partial charge in [-0.15, -0.1) is 0 Å². The molecule has 0 saturated heterocycles. The van der Waals surface area contributed by atoms with E-state index in [9.17, 15) is 14.4 Å². The molecule has 29 heavy (non-hydrogen) atoms. The number of rotatable bonds is 5. The maximum Gasteiger partial charge on any atom is 0.296 e. The van der Waals surface area contributed by atoms with Gasteiger partial charge in [-0.2, -0.15) is 5.10 Å². The Morgan fingerprint density at radius 1 is 0.931 bits per heavy atom. The summed E-state index contributed by atoms with van der Waals surface area (Å²) < 4.78 is 1.65. The largest absolute Gasteiger partial charge is 0.326 e. The summed E-state index contributed by atoms with van der Waals surface area (Å²) in [5, 5.41) is 9.75. The van der Waals surface area contributed by atoms with Crippen molar-refractivity contribution in [3.8, 4) is 5.69 Å². The maximum atomic E-state index is 12.8. The van der Waals surface area contributed by atoms with Gasteiger partial charge in [-0.3, -0.25) is 14.4 Å². The number of carbonyl (C=O) groups excluding carboxylic acids is 3. The highest BCUT2D eigenvalue weighted by atomic mass is 16.2. The van der Waals surface area contributed by atoms with E-state index in [0.717, 1.165) is 11.3 Å². The highest BCUT2D eigenvalue weighted by Gasteiger charge is 2.25. The summed E-state index contributed by atoms with van der Waals surface area (Å²) in [5.41, 5.74) is 4.09. The summed E-state index contributed by atoms with van der Waals surface area (Å²) in [6, 6.07) is 14.4. The summed E-state index contributed by atoms with van der Waals surface area (Å²) in [6.07, 6.45) is 0. The number of nitrogens with one attached hydrogen (secondary N) is 2. The predicted octanol–water partition coefficient (Wildman–Crippen LogP) is 3.58. The number of carbonyl (C=O) groups is 3.